The lowest BCUT2D eigenvalue weighted by Gasteiger charge is -2.25. The molecule has 164 valence electrons. The largest absolute Gasteiger partial charge is 0.495 e. The minimum atomic E-state index is -0.427. The second-order valence-electron chi connectivity index (χ2n) is 7.85. The summed E-state index contributed by atoms with van der Waals surface area (Å²) in [7, 11) is 3.52. The fourth-order valence-corrected chi connectivity index (χ4v) is 4.04. The Morgan fingerprint density at radius 3 is 2.88 bits per heavy atom. The number of benzene rings is 2. The maximum absolute atomic E-state index is 13.7. The molecule has 2 heterocycles. The second kappa shape index (κ2) is 8.85. The predicted octanol–water partition coefficient (Wildman–Crippen LogP) is 4.96. The van der Waals surface area contributed by atoms with Crippen LogP contribution in [0.4, 0.5) is 4.39 Å². The number of rotatable bonds is 4. The van der Waals surface area contributed by atoms with E-state index in [-0.39, 0.29) is 5.82 Å². The lowest BCUT2D eigenvalue weighted by molar-refractivity contribution is 0.102. The summed E-state index contributed by atoms with van der Waals surface area (Å²) in [6.07, 6.45) is 0.433. The van der Waals surface area contributed by atoms with Crippen LogP contribution in [0.2, 0.25) is 0 Å². The molecule has 4 rings (SSSR count). The van der Waals surface area contributed by atoms with Gasteiger partial charge in [0.1, 0.15) is 29.6 Å². The van der Waals surface area contributed by atoms with Gasteiger partial charge in [-0.05, 0) is 54.8 Å². The van der Waals surface area contributed by atoms with Crippen LogP contribution in [0.25, 0.3) is 16.6 Å². The summed E-state index contributed by atoms with van der Waals surface area (Å²) in [5, 5.41) is 10.1. The normalized spacial score (nSPS) is 17.9. The van der Waals surface area contributed by atoms with Gasteiger partial charge in [-0.25, -0.2) is 9.38 Å². The van der Waals surface area contributed by atoms with Gasteiger partial charge in [0.05, 0.1) is 24.1 Å². The van der Waals surface area contributed by atoms with Crippen molar-refractivity contribution in [3.05, 3.63) is 71.2 Å². The molecule has 0 amide bonds. The average Bonchev–Trinajstić information content (AvgIpc) is 3.14. The first-order chi connectivity index (χ1) is 15.4. The summed E-state index contributed by atoms with van der Waals surface area (Å²) in [6.45, 7) is 7.41. The fourth-order valence-electron chi connectivity index (χ4n) is 4.04. The number of H-pyrrole nitrogens is 1. The van der Waals surface area contributed by atoms with Crippen molar-refractivity contribution in [2.45, 2.75) is 19.4 Å². The predicted molar refractivity (Wildman–Crippen MR) is 123 cm³/mol. The number of halogens is 1. The van der Waals surface area contributed by atoms with Crippen LogP contribution in [0.5, 0.6) is 5.75 Å². The molecule has 0 radical (unpaired) electrons. The summed E-state index contributed by atoms with van der Waals surface area (Å²) in [4.78, 5) is 10.2. The number of nitriles is 1. The van der Waals surface area contributed by atoms with Crippen molar-refractivity contribution >= 4 is 22.4 Å². The highest BCUT2D eigenvalue weighted by molar-refractivity contribution is 5.95. The number of nitrogens with one attached hydrogen (secondary N) is 1. The zero-order valence-electron chi connectivity index (χ0n) is 18.4. The van der Waals surface area contributed by atoms with E-state index in [1.54, 1.807) is 19.2 Å². The number of aliphatic imine (C=N–C) groups is 1. The van der Waals surface area contributed by atoms with Crippen LogP contribution < -0.4 is 4.74 Å². The molecule has 1 N–H and O–H groups in total. The number of methoxy groups -OCH3 is 1. The van der Waals surface area contributed by atoms with Gasteiger partial charge in [0, 0.05) is 31.1 Å². The van der Waals surface area contributed by atoms with Gasteiger partial charge in [-0.3, -0.25) is 0 Å². The monoisotopic (exact) mass is 432 g/mol. The van der Waals surface area contributed by atoms with Crippen molar-refractivity contribution in [3.8, 4) is 11.8 Å². The van der Waals surface area contributed by atoms with E-state index in [0.29, 0.717) is 35.1 Å². The van der Waals surface area contributed by atoms with Gasteiger partial charge in [0.25, 0.3) is 0 Å². The van der Waals surface area contributed by atoms with Crippen molar-refractivity contribution in [2.75, 3.05) is 27.3 Å². The third-order valence-corrected chi connectivity index (χ3v) is 5.70. The SMILES string of the molecule is C=C(N=C1C(c2ccc(F)cc2C)OCCCN1C)c1cc2c(OC)c(C#N)ccc2[nH]1. The number of fused-ring (bicyclic) bond motifs is 1. The van der Waals surface area contributed by atoms with Crippen molar-refractivity contribution in [2.24, 2.45) is 4.99 Å². The molecule has 3 aromatic rings. The van der Waals surface area contributed by atoms with Gasteiger partial charge in [-0.2, -0.15) is 5.26 Å². The standard InChI is InChI=1S/C25H25FN4O2/c1-15-12-18(26)7-8-19(15)24-25(30(3)10-5-11-32-24)28-16(2)22-13-20-21(29-22)9-6-17(14-27)23(20)31-4/h6-9,12-13,24,29H,2,5,10-11H2,1,3-4H3. The van der Waals surface area contributed by atoms with E-state index in [1.807, 2.05) is 26.1 Å². The van der Waals surface area contributed by atoms with E-state index in [9.17, 15) is 9.65 Å². The maximum Gasteiger partial charge on any atom is 0.146 e. The van der Waals surface area contributed by atoms with Gasteiger partial charge in [0.15, 0.2) is 0 Å². The van der Waals surface area contributed by atoms with Crippen LogP contribution in [-0.2, 0) is 4.74 Å². The van der Waals surface area contributed by atoms with Gasteiger partial charge < -0.3 is 19.4 Å². The van der Waals surface area contributed by atoms with E-state index in [2.05, 4.69) is 22.5 Å². The van der Waals surface area contributed by atoms with Gasteiger partial charge in [-0.15, -0.1) is 0 Å². The van der Waals surface area contributed by atoms with E-state index < -0.39 is 6.10 Å². The molecule has 1 aliphatic rings. The summed E-state index contributed by atoms with van der Waals surface area (Å²) in [5.74, 6) is 0.952. The van der Waals surface area contributed by atoms with Crippen LogP contribution in [0.15, 0.2) is 48.0 Å². The average molecular weight is 432 g/mol. The molecule has 1 saturated heterocycles. The Morgan fingerprint density at radius 1 is 1.34 bits per heavy atom. The van der Waals surface area contributed by atoms with Gasteiger partial charge in [-0.1, -0.05) is 12.6 Å². The number of aromatic amines is 1. The Balaban J connectivity index is 1.77. The lowest BCUT2D eigenvalue weighted by atomic mass is 10.0. The minimum absolute atomic E-state index is 0.278. The smallest absolute Gasteiger partial charge is 0.146 e. The number of hydrogen-bond acceptors (Lipinski definition) is 4. The van der Waals surface area contributed by atoms with Crippen molar-refractivity contribution in [3.63, 3.8) is 0 Å². The first-order valence-electron chi connectivity index (χ1n) is 10.4. The topological polar surface area (TPSA) is 73.6 Å². The molecule has 32 heavy (non-hydrogen) atoms. The second-order valence-corrected chi connectivity index (χ2v) is 7.85. The van der Waals surface area contributed by atoms with Crippen molar-refractivity contribution in [1.82, 2.24) is 9.88 Å². The fraction of sp³-hybridized carbons (Fsp3) is 0.280. The van der Waals surface area contributed by atoms with Gasteiger partial charge in [0.2, 0.25) is 0 Å². The van der Waals surface area contributed by atoms with Gasteiger partial charge >= 0.3 is 0 Å². The van der Waals surface area contributed by atoms with E-state index in [0.717, 1.165) is 35.0 Å². The first kappa shape index (κ1) is 21.6. The van der Waals surface area contributed by atoms with Crippen molar-refractivity contribution < 1.29 is 13.9 Å². The summed E-state index contributed by atoms with van der Waals surface area (Å²) in [5.41, 5.74) is 4.22. The first-order valence-corrected chi connectivity index (χ1v) is 10.4. The number of aromatic nitrogens is 1. The molecular formula is C25H25FN4O2. The lowest BCUT2D eigenvalue weighted by Crippen LogP contribution is -2.31. The highest BCUT2D eigenvalue weighted by Gasteiger charge is 2.27. The quantitative estimate of drug-likeness (QED) is 0.633. The van der Waals surface area contributed by atoms with E-state index in [1.165, 1.54) is 12.1 Å². The number of ether oxygens (including phenoxy) is 2. The maximum atomic E-state index is 13.7. The molecule has 0 aliphatic carbocycles. The minimum Gasteiger partial charge on any atom is -0.495 e. The number of nitrogens with zero attached hydrogens (tertiary/aromatic N) is 3. The van der Waals surface area contributed by atoms with Crippen LogP contribution >= 0.6 is 0 Å². The molecule has 1 aromatic heterocycles. The summed E-state index contributed by atoms with van der Waals surface area (Å²) in [6, 6.07) is 12.3. The summed E-state index contributed by atoms with van der Waals surface area (Å²) >= 11 is 0. The van der Waals surface area contributed by atoms with Crippen molar-refractivity contribution in [1.29, 1.82) is 5.26 Å². The van der Waals surface area contributed by atoms with Crippen LogP contribution in [0, 0.1) is 24.1 Å². The third kappa shape index (κ3) is 3.97. The number of aryl methyl sites for hydroxylation is 1. The number of likely N-dealkylation sites (N-methyl/N-ethyl adjacent to an activating group) is 1. The third-order valence-electron chi connectivity index (χ3n) is 5.70. The molecule has 0 spiro atoms. The molecule has 0 saturated carbocycles. The molecule has 2 aromatic carbocycles. The van der Waals surface area contributed by atoms with E-state index in [4.69, 9.17) is 14.5 Å². The molecule has 0 bridgehead atoms. The Labute approximate surface area is 186 Å². The molecular weight excluding hydrogens is 407 g/mol. The highest BCUT2D eigenvalue weighted by atomic mass is 19.1. The Hall–Kier alpha value is -3.63. The molecule has 7 heteroatoms. The molecule has 1 aliphatic heterocycles. The zero-order chi connectivity index (χ0) is 22.8. The Morgan fingerprint density at radius 2 is 2.16 bits per heavy atom. The number of amidine groups is 1. The molecule has 6 nitrogen and oxygen atoms in total. The zero-order valence-corrected chi connectivity index (χ0v) is 18.4. The molecule has 1 fully saturated rings. The number of hydrogen-bond donors (Lipinski definition) is 1. The van der Waals surface area contributed by atoms with Crippen LogP contribution in [0.1, 0.15) is 34.9 Å². The Kier molecular flexibility index (Phi) is 5.97. The van der Waals surface area contributed by atoms with Crippen LogP contribution in [0.3, 0.4) is 0 Å². The summed E-state index contributed by atoms with van der Waals surface area (Å²) < 4.78 is 25.3. The Bertz CT molecular complexity index is 1250. The molecule has 1 atom stereocenters. The van der Waals surface area contributed by atoms with E-state index >= 15 is 0 Å². The van der Waals surface area contributed by atoms with Crippen LogP contribution in [-0.4, -0.2) is 43.0 Å². The molecule has 1 unspecified atom stereocenters. The highest BCUT2D eigenvalue weighted by Crippen LogP contribution is 2.33.